The Balaban J connectivity index is 2.62. The minimum Gasteiger partial charge on any atom is -0.225 e. The van der Waals surface area contributed by atoms with Gasteiger partial charge in [0, 0.05) is 5.41 Å². The van der Waals surface area contributed by atoms with Crippen LogP contribution in [0.4, 0.5) is 0 Å². The van der Waals surface area contributed by atoms with E-state index in [1.165, 1.54) is 0 Å². The largest absolute Gasteiger partial charge is 0.225 e. The standard InChI is InChI=1S/C6H10N2/c1-6(2)3-7-5-8-4-6/h3-4H2,1-2H3. The van der Waals surface area contributed by atoms with Crippen LogP contribution in [0, 0.1) is 5.41 Å². The van der Waals surface area contributed by atoms with Gasteiger partial charge in [-0.3, -0.25) is 0 Å². The Hall–Kier alpha value is -0.620. The zero-order chi connectivity index (χ0) is 6.04. The quantitative estimate of drug-likeness (QED) is 0.447. The Kier molecular flexibility index (Phi) is 1.18. The van der Waals surface area contributed by atoms with Crippen LogP contribution in [-0.4, -0.2) is 19.1 Å². The van der Waals surface area contributed by atoms with E-state index in [2.05, 4.69) is 29.8 Å². The van der Waals surface area contributed by atoms with Crippen molar-refractivity contribution in [1.29, 1.82) is 0 Å². The van der Waals surface area contributed by atoms with Crippen molar-refractivity contribution in [2.75, 3.05) is 13.1 Å². The van der Waals surface area contributed by atoms with Gasteiger partial charge in [-0.25, -0.2) is 9.98 Å². The van der Waals surface area contributed by atoms with Crippen molar-refractivity contribution >= 4 is 6.01 Å². The van der Waals surface area contributed by atoms with E-state index >= 15 is 0 Å². The molecule has 0 aliphatic carbocycles. The molecule has 0 radical (unpaired) electrons. The van der Waals surface area contributed by atoms with Crippen LogP contribution in [0.5, 0.6) is 0 Å². The van der Waals surface area contributed by atoms with E-state index in [0.29, 0.717) is 0 Å². The van der Waals surface area contributed by atoms with Crippen LogP contribution in [0.1, 0.15) is 13.8 Å². The summed E-state index contributed by atoms with van der Waals surface area (Å²) in [4.78, 5) is 7.83. The molecule has 0 spiro atoms. The molecule has 0 saturated carbocycles. The molecule has 0 N–H and O–H groups in total. The van der Waals surface area contributed by atoms with E-state index in [-0.39, 0.29) is 5.41 Å². The molecule has 0 saturated heterocycles. The summed E-state index contributed by atoms with van der Waals surface area (Å²) in [6, 6.07) is 2.59. The maximum Gasteiger partial charge on any atom is 0.0892 e. The van der Waals surface area contributed by atoms with Crippen molar-refractivity contribution in [3.8, 4) is 0 Å². The molecule has 8 heavy (non-hydrogen) atoms. The summed E-state index contributed by atoms with van der Waals surface area (Å²) >= 11 is 0. The van der Waals surface area contributed by atoms with Crippen molar-refractivity contribution in [3.05, 3.63) is 0 Å². The summed E-state index contributed by atoms with van der Waals surface area (Å²) in [5, 5.41) is 0. The molecule has 0 bridgehead atoms. The Morgan fingerprint density at radius 1 is 1.25 bits per heavy atom. The fourth-order valence-electron chi connectivity index (χ4n) is 0.599. The summed E-state index contributed by atoms with van der Waals surface area (Å²) in [5.41, 5.74) is 0.283. The highest BCUT2D eigenvalue weighted by molar-refractivity contribution is 5.42. The van der Waals surface area contributed by atoms with Gasteiger partial charge >= 0.3 is 0 Å². The molecule has 0 aromatic rings. The summed E-state index contributed by atoms with van der Waals surface area (Å²) in [6.45, 7) is 6.05. The zero-order valence-corrected chi connectivity index (χ0v) is 5.31. The number of aliphatic imine (C=N–C) groups is 2. The molecule has 0 aromatic heterocycles. The predicted octanol–water partition coefficient (Wildman–Crippen LogP) is 1.20. The number of hydrogen-bond donors (Lipinski definition) is 0. The van der Waals surface area contributed by atoms with Gasteiger partial charge in [0.05, 0.1) is 19.1 Å². The molecule has 44 valence electrons. The van der Waals surface area contributed by atoms with Gasteiger partial charge in [-0.2, -0.15) is 0 Å². The van der Waals surface area contributed by atoms with Gasteiger partial charge in [-0.1, -0.05) is 13.8 Å². The smallest absolute Gasteiger partial charge is 0.0892 e. The highest BCUT2D eigenvalue weighted by atomic mass is 14.9. The minimum absolute atomic E-state index is 0.283. The second-order valence-electron chi connectivity index (χ2n) is 2.90. The van der Waals surface area contributed by atoms with Crippen molar-refractivity contribution in [2.24, 2.45) is 15.4 Å². The lowest BCUT2D eigenvalue weighted by atomic mass is 9.94. The first-order valence-electron chi connectivity index (χ1n) is 2.79. The van der Waals surface area contributed by atoms with Gasteiger partial charge in [0.25, 0.3) is 0 Å². The fraction of sp³-hybridized carbons (Fsp3) is 0.833. The monoisotopic (exact) mass is 110 g/mol. The van der Waals surface area contributed by atoms with Crippen LogP contribution in [0.15, 0.2) is 9.98 Å². The second kappa shape index (κ2) is 1.71. The van der Waals surface area contributed by atoms with Gasteiger partial charge in [0.2, 0.25) is 0 Å². The Morgan fingerprint density at radius 2 is 1.75 bits per heavy atom. The fourth-order valence-corrected chi connectivity index (χ4v) is 0.599. The van der Waals surface area contributed by atoms with Crippen LogP contribution in [0.3, 0.4) is 0 Å². The number of hydrogen-bond acceptors (Lipinski definition) is 2. The highest BCUT2D eigenvalue weighted by Crippen LogP contribution is 2.16. The predicted molar refractivity (Wildman–Crippen MR) is 33.4 cm³/mol. The third-order valence-corrected chi connectivity index (χ3v) is 1.16. The summed E-state index contributed by atoms with van der Waals surface area (Å²) in [6.07, 6.45) is 0. The molecule has 1 aliphatic heterocycles. The first-order chi connectivity index (χ1) is 3.71. The molecule has 0 amide bonds. The molecular weight excluding hydrogens is 100 g/mol. The van der Waals surface area contributed by atoms with E-state index in [9.17, 15) is 0 Å². The van der Waals surface area contributed by atoms with Crippen molar-refractivity contribution in [3.63, 3.8) is 0 Å². The highest BCUT2D eigenvalue weighted by Gasteiger charge is 2.17. The number of rotatable bonds is 0. The van der Waals surface area contributed by atoms with Crippen LogP contribution in [0.25, 0.3) is 0 Å². The first-order valence-corrected chi connectivity index (χ1v) is 2.79. The topological polar surface area (TPSA) is 24.7 Å². The van der Waals surface area contributed by atoms with Crippen LogP contribution in [0.2, 0.25) is 0 Å². The Morgan fingerprint density at radius 3 is 2.00 bits per heavy atom. The van der Waals surface area contributed by atoms with Crippen LogP contribution >= 0.6 is 0 Å². The normalized spacial score (nSPS) is 23.8. The minimum atomic E-state index is 0.283. The van der Waals surface area contributed by atoms with Gasteiger partial charge in [-0.15, -0.1) is 0 Å². The molecule has 0 atom stereocenters. The molecular formula is C6H10N2. The zero-order valence-electron chi connectivity index (χ0n) is 5.31. The van der Waals surface area contributed by atoms with Gasteiger partial charge < -0.3 is 0 Å². The molecule has 1 rings (SSSR count). The van der Waals surface area contributed by atoms with Gasteiger partial charge in [0.15, 0.2) is 0 Å². The lowest BCUT2D eigenvalue weighted by Gasteiger charge is -2.19. The lowest BCUT2D eigenvalue weighted by Crippen LogP contribution is -2.21. The maximum atomic E-state index is 3.91. The average Bonchev–Trinajstić information content (AvgIpc) is 1.65. The van der Waals surface area contributed by atoms with Gasteiger partial charge in [-0.05, 0) is 0 Å². The summed E-state index contributed by atoms with van der Waals surface area (Å²) < 4.78 is 0. The molecule has 0 aromatic carbocycles. The molecule has 0 unspecified atom stereocenters. The molecule has 0 fully saturated rings. The Bertz CT molecular complexity index is 129. The van der Waals surface area contributed by atoms with E-state index < -0.39 is 0 Å². The van der Waals surface area contributed by atoms with Gasteiger partial charge in [0.1, 0.15) is 0 Å². The third-order valence-electron chi connectivity index (χ3n) is 1.16. The van der Waals surface area contributed by atoms with E-state index in [4.69, 9.17) is 0 Å². The molecule has 2 heteroatoms. The van der Waals surface area contributed by atoms with Crippen LogP contribution < -0.4 is 0 Å². The molecule has 2 nitrogen and oxygen atoms in total. The van der Waals surface area contributed by atoms with Crippen molar-refractivity contribution in [1.82, 2.24) is 0 Å². The Labute approximate surface area is 49.3 Å². The van der Waals surface area contributed by atoms with Crippen LogP contribution in [-0.2, 0) is 0 Å². The summed E-state index contributed by atoms with van der Waals surface area (Å²) in [7, 11) is 0. The van der Waals surface area contributed by atoms with Crippen molar-refractivity contribution < 1.29 is 0 Å². The number of nitrogens with zero attached hydrogens (tertiary/aromatic N) is 2. The van der Waals surface area contributed by atoms with E-state index in [1.807, 2.05) is 0 Å². The maximum absolute atomic E-state index is 3.91. The first kappa shape index (κ1) is 5.52. The SMILES string of the molecule is CC1(C)CN=C=NC1. The molecule has 1 aliphatic rings. The van der Waals surface area contributed by atoms with E-state index in [1.54, 1.807) is 0 Å². The second-order valence-corrected chi connectivity index (χ2v) is 2.90. The molecule has 1 heterocycles. The summed E-state index contributed by atoms with van der Waals surface area (Å²) in [5.74, 6) is 0. The lowest BCUT2D eigenvalue weighted by molar-refractivity contribution is 0.389. The van der Waals surface area contributed by atoms with Crippen molar-refractivity contribution in [2.45, 2.75) is 13.8 Å². The third kappa shape index (κ3) is 1.17. The average molecular weight is 110 g/mol. The van der Waals surface area contributed by atoms with E-state index in [0.717, 1.165) is 13.1 Å².